The van der Waals surface area contributed by atoms with E-state index in [0.717, 1.165) is 5.56 Å². The van der Waals surface area contributed by atoms with Crippen molar-refractivity contribution < 1.29 is 19.1 Å². The molecule has 0 saturated carbocycles. The number of ether oxygens (including phenoxy) is 2. The number of amides is 1. The Labute approximate surface area is 140 Å². The predicted octanol–water partition coefficient (Wildman–Crippen LogP) is 2.58. The van der Waals surface area contributed by atoms with Crippen molar-refractivity contribution in [1.29, 1.82) is 0 Å². The topological polar surface area (TPSA) is 90.7 Å². The van der Waals surface area contributed by atoms with Crippen molar-refractivity contribution in [2.75, 3.05) is 19.0 Å². The number of carbonyl (C=O) groups is 2. The van der Waals surface area contributed by atoms with E-state index in [1.165, 1.54) is 7.11 Å². The normalized spacial score (nSPS) is 10.1. The highest BCUT2D eigenvalue weighted by atomic mass is 16.5. The number of benzene rings is 2. The third-order valence-corrected chi connectivity index (χ3v) is 3.44. The summed E-state index contributed by atoms with van der Waals surface area (Å²) in [6, 6.07) is 11.7. The molecule has 24 heavy (non-hydrogen) atoms. The van der Waals surface area contributed by atoms with E-state index in [4.69, 9.17) is 15.2 Å². The second-order valence-electron chi connectivity index (χ2n) is 4.95. The highest BCUT2D eigenvalue weighted by Crippen LogP contribution is 2.22. The lowest BCUT2D eigenvalue weighted by molar-refractivity contribution is 0.0527. The first kappa shape index (κ1) is 17.5. The molecule has 2 aromatic carbocycles. The van der Waals surface area contributed by atoms with E-state index in [0.29, 0.717) is 29.1 Å². The molecular weight excluding hydrogens is 308 g/mol. The van der Waals surface area contributed by atoms with Gasteiger partial charge in [-0.2, -0.15) is 0 Å². The van der Waals surface area contributed by atoms with Crippen LogP contribution < -0.4 is 15.8 Å². The maximum atomic E-state index is 12.5. The number of nitrogens with two attached hydrogens (primary N) is 1. The van der Waals surface area contributed by atoms with Crippen molar-refractivity contribution >= 4 is 17.6 Å². The summed E-state index contributed by atoms with van der Waals surface area (Å²) in [5, 5.41) is 2.73. The molecule has 0 atom stereocenters. The van der Waals surface area contributed by atoms with Crippen LogP contribution in [0.5, 0.6) is 5.75 Å². The van der Waals surface area contributed by atoms with Gasteiger partial charge in [-0.1, -0.05) is 18.2 Å². The Morgan fingerprint density at radius 2 is 1.92 bits per heavy atom. The highest BCUT2D eigenvalue weighted by Gasteiger charge is 2.15. The van der Waals surface area contributed by atoms with Gasteiger partial charge in [0, 0.05) is 17.7 Å². The summed E-state index contributed by atoms with van der Waals surface area (Å²) in [7, 11) is 1.52. The van der Waals surface area contributed by atoms with Crippen LogP contribution in [0, 0.1) is 0 Å². The fourth-order valence-corrected chi connectivity index (χ4v) is 2.23. The average molecular weight is 328 g/mol. The summed E-state index contributed by atoms with van der Waals surface area (Å²) in [6.45, 7) is 2.31. The fraction of sp³-hybridized carbons (Fsp3) is 0.222. The first-order chi connectivity index (χ1) is 11.6. The van der Waals surface area contributed by atoms with E-state index in [1.807, 2.05) is 0 Å². The van der Waals surface area contributed by atoms with E-state index < -0.39 is 5.97 Å². The van der Waals surface area contributed by atoms with Crippen LogP contribution in [-0.4, -0.2) is 25.6 Å². The molecule has 0 aliphatic carbocycles. The lowest BCUT2D eigenvalue weighted by Gasteiger charge is -2.12. The first-order valence-corrected chi connectivity index (χ1v) is 7.55. The van der Waals surface area contributed by atoms with Crippen LogP contribution in [0.2, 0.25) is 0 Å². The average Bonchev–Trinajstić information content (AvgIpc) is 2.61. The predicted molar refractivity (Wildman–Crippen MR) is 91.2 cm³/mol. The van der Waals surface area contributed by atoms with Crippen LogP contribution >= 0.6 is 0 Å². The first-order valence-electron chi connectivity index (χ1n) is 7.55. The lowest BCUT2D eigenvalue weighted by atomic mass is 10.1. The highest BCUT2D eigenvalue weighted by molar-refractivity contribution is 6.08. The molecule has 1 amide bonds. The van der Waals surface area contributed by atoms with Crippen molar-refractivity contribution in [2.45, 2.75) is 13.5 Å². The van der Waals surface area contributed by atoms with Crippen molar-refractivity contribution in [3.05, 3.63) is 59.2 Å². The molecule has 2 rings (SSSR count). The molecule has 126 valence electrons. The molecule has 0 fully saturated rings. The summed E-state index contributed by atoms with van der Waals surface area (Å²) >= 11 is 0. The number of methoxy groups -OCH3 is 1. The third kappa shape index (κ3) is 3.91. The van der Waals surface area contributed by atoms with Gasteiger partial charge in [0.1, 0.15) is 5.75 Å². The Morgan fingerprint density at radius 1 is 1.17 bits per heavy atom. The van der Waals surface area contributed by atoms with Crippen LogP contribution in [0.3, 0.4) is 0 Å². The number of anilines is 1. The Morgan fingerprint density at radius 3 is 2.58 bits per heavy atom. The molecule has 3 N–H and O–H groups in total. The maximum absolute atomic E-state index is 12.5. The summed E-state index contributed by atoms with van der Waals surface area (Å²) in [5.74, 6) is -0.290. The molecule has 0 spiro atoms. The van der Waals surface area contributed by atoms with E-state index in [9.17, 15) is 9.59 Å². The van der Waals surface area contributed by atoms with Gasteiger partial charge in [-0.25, -0.2) is 4.79 Å². The number of hydrogen-bond donors (Lipinski definition) is 2. The van der Waals surface area contributed by atoms with Crippen LogP contribution in [-0.2, 0) is 11.3 Å². The zero-order valence-electron chi connectivity index (χ0n) is 13.7. The van der Waals surface area contributed by atoms with Crippen LogP contribution in [0.1, 0.15) is 33.2 Å². The van der Waals surface area contributed by atoms with Crippen LogP contribution in [0.4, 0.5) is 5.69 Å². The van der Waals surface area contributed by atoms with Gasteiger partial charge >= 0.3 is 5.97 Å². The largest absolute Gasteiger partial charge is 0.496 e. The lowest BCUT2D eigenvalue weighted by Crippen LogP contribution is -2.16. The van der Waals surface area contributed by atoms with E-state index >= 15 is 0 Å². The van der Waals surface area contributed by atoms with Gasteiger partial charge in [0.25, 0.3) is 5.91 Å². The van der Waals surface area contributed by atoms with Gasteiger partial charge < -0.3 is 20.5 Å². The quantitative estimate of drug-likeness (QED) is 0.795. The number of hydrogen-bond acceptors (Lipinski definition) is 5. The Kier molecular flexibility index (Phi) is 5.92. The van der Waals surface area contributed by atoms with Gasteiger partial charge in [0.05, 0.1) is 25.0 Å². The molecule has 0 saturated heterocycles. The molecule has 0 aliphatic heterocycles. The number of esters is 1. The Balaban J connectivity index is 2.26. The zero-order valence-corrected chi connectivity index (χ0v) is 13.7. The van der Waals surface area contributed by atoms with Crippen molar-refractivity contribution in [1.82, 2.24) is 0 Å². The Hall–Kier alpha value is -2.86. The fourth-order valence-electron chi connectivity index (χ4n) is 2.23. The third-order valence-electron chi connectivity index (χ3n) is 3.44. The van der Waals surface area contributed by atoms with Gasteiger partial charge in [0.2, 0.25) is 0 Å². The molecule has 0 unspecified atom stereocenters. The van der Waals surface area contributed by atoms with Crippen molar-refractivity contribution in [2.24, 2.45) is 5.73 Å². The minimum Gasteiger partial charge on any atom is -0.496 e. The molecule has 6 nitrogen and oxygen atoms in total. The zero-order chi connectivity index (χ0) is 17.5. The molecule has 0 heterocycles. The van der Waals surface area contributed by atoms with E-state index in [-0.39, 0.29) is 12.5 Å². The molecule has 2 aromatic rings. The second-order valence-corrected chi connectivity index (χ2v) is 4.95. The number of carbonyl (C=O) groups excluding carboxylic acids is 2. The molecule has 6 heteroatoms. The second kappa shape index (κ2) is 8.12. The van der Waals surface area contributed by atoms with Crippen LogP contribution in [0.15, 0.2) is 42.5 Å². The standard InChI is InChI=1S/C18H20N2O4/c1-3-24-18(22)14-6-4-5-7-15(14)20-17(21)12-8-9-13(11-19)16(10-12)23-2/h4-10H,3,11,19H2,1-2H3,(H,20,21). The smallest absolute Gasteiger partial charge is 0.340 e. The molecule has 0 aromatic heterocycles. The minimum atomic E-state index is -0.482. The van der Waals surface area contributed by atoms with Crippen LogP contribution in [0.25, 0.3) is 0 Å². The number of rotatable bonds is 6. The van der Waals surface area contributed by atoms with E-state index in [1.54, 1.807) is 49.4 Å². The summed E-state index contributed by atoms with van der Waals surface area (Å²) < 4.78 is 10.2. The molecule has 0 bridgehead atoms. The maximum Gasteiger partial charge on any atom is 0.340 e. The summed E-state index contributed by atoms with van der Waals surface area (Å²) in [4.78, 5) is 24.4. The number of para-hydroxylation sites is 1. The summed E-state index contributed by atoms with van der Waals surface area (Å²) in [6.07, 6.45) is 0. The Bertz CT molecular complexity index is 744. The van der Waals surface area contributed by atoms with Gasteiger partial charge in [-0.05, 0) is 31.2 Å². The summed E-state index contributed by atoms with van der Waals surface area (Å²) in [5.41, 5.74) is 7.53. The van der Waals surface area contributed by atoms with Gasteiger partial charge in [-0.15, -0.1) is 0 Å². The SMILES string of the molecule is CCOC(=O)c1ccccc1NC(=O)c1ccc(CN)c(OC)c1. The molecule has 0 aliphatic rings. The minimum absolute atomic E-state index is 0.263. The number of nitrogens with one attached hydrogen (secondary N) is 1. The molecular formula is C18H20N2O4. The van der Waals surface area contributed by atoms with Crippen molar-refractivity contribution in [3.8, 4) is 5.75 Å². The van der Waals surface area contributed by atoms with E-state index in [2.05, 4.69) is 5.32 Å². The van der Waals surface area contributed by atoms with Gasteiger partial charge in [-0.3, -0.25) is 4.79 Å². The van der Waals surface area contributed by atoms with Crippen molar-refractivity contribution in [3.63, 3.8) is 0 Å². The monoisotopic (exact) mass is 328 g/mol. The van der Waals surface area contributed by atoms with Gasteiger partial charge in [0.15, 0.2) is 0 Å². The molecule has 0 radical (unpaired) electrons.